The van der Waals surface area contributed by atoms with Crippen molar-refractivity contribution in [2.24, 2.45) is 5.41 Å². The molecule has 0 bridgehead atoms. The molecule has 0 aliphatic carbocycles. The number of hydrogen-bond acceptors (Lipinski definition) is 1. The van der Waals surface area contributed by atoms with Crippen LogP contribution < -0.4 is 5.32 Å². The molecule has 0 amide bonds. The second-order valence-corrected chi connectivity index (χ2v) is 4.99. The fourth-order valence-corrected chi connectivity index (χ4v) is 3.23. The zero-order chi connectivity index (χ0) is 11.4. The Bertz CT molecular complexity index is 313. The lowest BCUT2D eigenvalue weighted by molar-refractivity contribution is 0.148. The Kier molecular flexibility index (Phi) is 3.65. The van der Waals surface area contributed by atoms with Crippen LogP contribution in [0.15, 0.2) is 30.3 Å². The standard InChI is InChI=1S/C15H23N/c1-3-15(4-2)10-11-16-12-14(15)13-8-6-5-7-9-13/h5-9,14,16H,3-4,10-12H2,1-2H3. The summed E-state index contributed by atoms with van der Waals surface area (Å²) >= 11 is 0. The first-order chi connectivity index (χ1) is 7.82. The molecule has 0 radical (unpaired) electrons. The van der Waals surface area contributed by atoms with Crippen molar-refractivity contribution >= 4 is 0 Å². The predicted octanol–water partition coefficient (Wildman–Crippen LogP) is 3.57. The summed E-state index contributed by atoms with van der Waals surface area (Å²) in [6.07, 6.45) is 3.91. The molecule has 1 aromatic rings. The topological polar surface area (TPSA) is 12.0 Å². The highest BCUT2D eigenvalue weighted by molar-refractivity contribution is 5.23. The minimum atomic E-state index is 0.520. The summed E-state index contributed by atoms with van der Waals surface area (Å²) in [5.41, 5.74) is 2.03. The molecule has 1 atom stereocenters. The van der Waals surface area contributed by atoms with Gasteiger partial charge in [0.05, 0.1) is 0 Å². The molecule has 16 heavy (non-hydrogen) atoms. The first kappa shape index (κ1) is 11.7. The Hall–Kier alpha value is -0.820. The van der Waals surface area contributed by atoms with E-state index in [4.69, 9.17) is 0 Å². The summed E-state index contributed by atoms with van der Waals surface area (Å²) in [5, 5.41) is 3.56. The van der Waals surface area contributed by atoms with Gasteiger partial charge >= 0.3 is 0 Å². The smallest absolute Gasteiger partial charge is 0.00255 e. The van der Waals surface area contributed by atoms with Crippen LogP contribution in [0.3, 0.4) is 0 Å². The summed E-state index contributed by atoms with van der Waals surface area (Å²) in [7, 11) is 0. The lowest BCUT2D eigenvalue weighted by Gasteiger charge is -2.44. The van der Waals surface area contributed by atoms with Gasteiger partial charge in [-0.25, -0.2) is 0 Å². The molecule has 1 N–H and O–H groups in total. The van der Waals surface area contributed by atoms with Crippen molar-refractivity contribution in [2.75, 3.05) is 13.1 Å². The maximum atomic E-state index is 3.56. The van der Waals surface area contributed by atoms with Crippen LogP contribution in [0.5, 0.6) is 0 Å². The monoisotopic (exact) mass is 217 g/mol. The molecule has 1 aliphatic rings. The number of nitrogens with one attached hydrogen (secondary N) is 1. The van der Waals surface area contributed by atoms with Crippen LogP contribution in [0.1, 0.15) is 44.6 Å². The summed E-state index contributed by atoms with van der Waals surface area (Å²) in [6, 6.07) is 11.0. The molecule has 1 heterocycles. The molecule has 0 aromatic heterocycles. The highest BCUT2D eigenvalue weighted by atomic mass is 14.9. The molecule has 1 aliphatic heterocycles. The summed E-state index contributed by atoms with van der Waals surface area (Å²) < 4.78 is 0. The Morgan fingerprint density at radius 3 is 2.50 bits per heavy atom. The van der Waals surface area contributed by atoms with Crippen molar-refractivity contribution in [3.63, 3.8) is 0 Å². The minimum Gasteiger partial charge on any atom is -0.316 e. The van der Waals surface area contributed by atoms with Gasteiger partial charge in [0.1, 0.15) is 0 Å². The third kappa shape index (κ3) is 2.01. The first-order valence-electron chi connectivity index (χ1n) is 6.58. The van der Waals surface area contributed by atoms with Gasteiger partial charge in [0.15, 0.2) is 0 Å². The molecule has 88 valence electrons. The zero-order valence-electron chi connectivity index (χ0n) is 10.5. The second kappa shape index (κ2) is 5.01. The molecule has 0 saturated carbocycles. The molecule has 1 nitrogen and oxygen atoms in total. The Morgan fingerprint density at radius 2 is 1.88 bits per heavy atom. The highest BCUT2D eigenvalue weighted by Gasteiger charge is 2.38. The van der Waals surface area contributed by atoms with Gasteiger partial charge in [0.2, 0.25) is 0 Å². The van der Waals surface area contributed by atoms with E-state index < -0.39 is 0 Å². The average molecular weight is 217 g/mol. The fourth-order valence-electron chi connectivity index (χ4n) is 3.23. The van der Waals surface area contributed by atoms with E-state index in [1.807, 2.05) is 0 Å². The van der Waals surface area contributed by atoms with Gasteiger partial charge in [-0.3, -0.25) is 0 Å². The van der Waals surface area contributed by atoms with E-state index in [0.717, 1.165) is 6.54 Å². The SMILES string of the molecule is CCC1(CC)CCNCC1c1ccccc1. The van der Waals surface area contributed by atoms with E-state index >= 15 is 0 Å². The summed E-state index contributed by atoms with van der Waals surface area (Å²) in [6.45, 7) is 7.03. The van der Waals surface area contributed by atoms with Gasteiger partial charge in [0, 0.05) is 12.5 Å². The van der Waals surface area contributed by atoms with E-state index in [9.17, 15) is 0 Å². The molecule has 1 unspecified atom stereocenters. The van der Waals surface area contributed by atoms with Crippen molar-refractivity contribution in [3.8, 4) is 0 Å². The van der Waals surface area contributed by atoms with E-state index in [1.165, 1.54) is 31.4 Å². The van der Waals surface area contributed by atoms with Crippen molar-refractivity contribution in [2.45, 2.75) is 39.0 Å². The van der Waals surface area contributed by atoms with Gasteiger partial charge in [-0.15, -0.1) is 0 Å². The summed E-state index contributed by atoms with van der Waals surface area (Å²) in [5.74, 6) is 0.692. The Balaban J connectivity index is 2.29. The predicted molar refractivity (Wildman–Crippen MR) is 69.7 cm³/mol. The Labute approximate surface area is 99.3 Å². The molecular weight excluding hydrogens is 194 g/mol. The summed E-state index contributed by atoms with van der Waals surface area (Å²) in [4.78, 5) is 0. The lowest BCUT2D eigenvalue weighted by atomic mass is 9.65. The Morgan fingerprint density at radius 1 is 1.19 bits per heavy atom. The maximum absolute atomic E-state index is 3.56. The van der Waals surface area contributed by atoms with Gasteiger partial charge < -0.3 is 5.32 Å². The van der Waals surface area contributed by atoms with E-state index in [-0.39, 0.29) is 0 Å². The molecular formula is C15H23N. The van der Waals surface area contributed by atoms with Crippen molar-refractivity contribution in [1.82, 2.24) is 5.32 Å². The van der Waals surface area contributed by atoms with Gasteiger partial charge in [0.25, 0.3) is 0 Å². The van der Waals surface area contributed by atoms with Gasteiger partial charge in [-0.1, -0.05) is 44.2 Å². The highest BCUT2D eigenvalue weighted by Crippen LogP contribution is 2.45. The van der Waals surface area contributed by atoms with Crippen molar-refractivity contribution < 1.29 is 0 Å². The second-order valence-electron chi connectivity index (χ2n) is 4.99. The lowest BCUT2D eigenvalue weighted by Crippen LogP contribution is -2.43. The van der Waals surface area contributed by atoms with E-state index in [2.05, 4.69) is 49.5 Å². The van der Waals surface area contributed by atoms with E-state index in [1.54, 1.807) is 0 Å². The average Bonchev–Trinajstić information content (AvgIpc) is 2.39. The van der Waals surface area contributed by atoms with Crippen molar-refractivity contribution in [3.05, 3.63) is 35.9 Å². The van der Waals surface area contributed by atoms with Crippen LogP contribution in [0.25, 0.3) is 0 Å². The molecule has 1 fully saturated rings. The molecule has 1 heteroatoms. The first-order valence-corrected chi connectivity index (χ1v) is 6.58. The number of piperidine rings is 1. The van der Waals surface area contributed by atoms with Crippen molar-refractivity contribution in [1.29, 1.82) is 0 Å². The fraction of sp³-hybridized carbons (Fsp3) is 0.600. The van der Waals surface area contributed by atoms with Crippen LogP contribution in [-0.4, -0.2) is 13.1 Å². The maximum Gasteiger partial charge on any atom is 0.00255 e. The molecule has 2 rings (SSSR count). The quantitative estimate of drug-likeness (QED) is 0.816. The third-order valence-corrected chi connectivity index (χ3v) is 4.50. The zero-order valence-corrected chi connectivity index (χ0v) is 10.5. The van der Waals surface area contributed by atoms with E-state index in [0.29, 0.717) is 11.3 Å². The normalized spacial score (nSPS) is 24.2. The van der Waals surface area contributed by atoms with Crippen LogP contribution in [0.4, 0.5) is 0 Å². The van der Waals surface area contributed by atoms with Crippen LogP contribution in [0, 0.1) is 5.41 Å². The number of hydrogen-bond donors (Lipinski definition) is 1. The van der Waals surface area contributed by atoms with Crippen LogP contribution >= 0.6 is 0 Å². The number of rotatable bonds is 3. The molecule has 0 spiro atoms. The van der Waals surface area contributed by atoms with Gasteiger partial charge in [-0.2, -0.15) is 0 Å². The largest absolute Gasteiger partial charge is 0.316 e. The number of benzene rings is 1. The molecule has 1 aromatic carbocycles. The van der Waals surface area contributed by atoms with Crippen LogP contribution in [-0.2, 0) is 0 Å². The van der Waals surface area contributed by atoms with Gasteiger partial charge in [-0.05, 0) is 36.8 Å². The minimum absolute atomic E-state index is 0.520. The third-order valence-electron chi connectivity index (χ3n) is 4.50. The van der Waals surface area contributed by atoms with Crippen LogP contribution in [0.2, 0.25) is 0 Å². The molecule has 1 saturated heterocycles.